The summed E-state index contributed by atoms with van der Waals surface area (Å²) in [5.41, 5.74) is 3.47. The van der Waals surface area contributed by atoms with Crippen LogP contribution in [-0.2, 0) is 10.3 Å². The molecular weight excluding hydrogens is 244 g/mol. The van der Waals surface area contributed by atoms with Crippen molar-refractivity contribution in [3.63, 3.8) is 0 Å². The minimum absolute atomic E-state index is 0.0186. The van der Waals surface area contributed by atoms with Crippen LogP contribution in [0.5, 0.6) is 0 Å². The molecule has 0 aliphatic carbocycles. The third-order valence-electron chi connectivity index (χ3n) is 4.37. The quantitative estimate of drug-likeness (QED) is 0.700. The first kappa shape index (κ1) is 13.4. The van der Waals surface area contributed by atoms with E-state index < -0.39 is 0 Å². The van der Waals surface area contributed by atoms with E-state index in [0.29, 0.717) is 0 Å². The third-order valence-corrected chi connectivity index (χ3v) is 4.37. The summed E-state index contributed by atoms with van der Waals surface area (Å²) in [5, 5.41) is 0. The molecule has 1 heteroatoms. The molecule has 0 spiro atoms. The van der Waals surface area contributed by atoms with Crippen LogP contribution >= 0.6 is 0 Å². The molecule has 1 heterocycles. The van der Waals surface area contributed by atoms with E-state index in [9.17, 15) is 0 Å². The van der Waals surface area contributed by atoms with E-state index in [1.54, 1.807) is 0 Å². The highest BCUT2D eigenvalue weighted by molar-refractivity contribution is 5.47. The number of rotatable bonds is 1. The fraction of sp³-hybridized carbons (Fsp3) is 0.368. The Bertz CT molecular complexity index is 609. The molecule has 104 valence electrons. The van der Waals surface area contributed by atoms with Gasteiger partial charge >= 0.3 is 0 Å². The zero-order valence-electron chi connectivity index (χ0n) is 12.7. The van der Waals surface area contributed by atoms with Gasteiger partial charge in [0.25, 0.3) is 0 Å². The summed E-state index contributed by atoms with van der Waals surface area (Å²) < 4.78 is 6.57. The Hall–Kier alpha value is -1.60. The van der Waals surface area contributed by atoms with Crippen LogP contribution in [0.1, 0.15) is 50.5 Å². The molecular formula is C19H22O. The average molecular weight is 266 g/mol. The summed E-state index contributed by atoms with van der Waals surface area (Å²) >= 11 is 0. The van der Waals surface area contributed by atoms with E-state index in [2.05, 4.69) is 82.3 Å². The van der Waals surface area contributed by atoms with Crippen molar-refractivity contribution in [2.75, 3.05) is 0 Å². The number of benzene rings is 2. The van der Waals surface area contributed by atoms with E-state index in [0.717, 1.165) is 0 Å². The number of hydrogen-bond donors (Lipinski definition) is 0. The molecule has 20 heavy (non-hydrogen) atoms. The first-order chi connectivity index (χ1) is 9.47. The molecule has 0 radical (unpaired) electrons. The topological polar surface area (TPSA) is 9.23 Å². The zero-order chi connectivity index (χ0) is 14.4. The zero-order valence-corrected chi connectivity index (χ0v) is 12.7. The Kier molecular flexibility index (Phi) is 2.98. The molecule has 0 saturated carbocycles. The number of fused-ring (bicyclic) bond motifs is 1. The second kappa shape index (κ2) is 4.46. The SMILES string of the molecule is C[C@H]1O[C@](c2ccccc2)(C(C)(C)C)c2ccccc21. The van der Waals surface area contributed by atoms with Gasteiger partial charge in [-0.1, -0.05) is 75.4 Å². The van der Waals surface area contributed by atoms with Gasteiger partial charge in [0.05, 0.1) is 6.10 Å². The summed E-state index contributed by atoms with van der Waals surface area (Å²) in [7, 11) is 0. The molecule has 2 aromatic rings. The second-order valence-electron chi connectivity index (χ2n) is 6.64. The Morgan fingerprint density at radius 2 is 1.50 bits per heavy atom. The molecule has 1 aliphatic rings. The molecule has 0 aromatic heterocycles. The lowest BCUT2D eigenvalue weighted by Crippen LogP contribution is -2.41. The largest absolute Gasteiger partial charge is 0.357 e. The van der Waals surface area contributed by atoms with Crippen molar-refractivity contribution in [3.05, 3.63) is 71.3 Å². The van der Waals surface area contributed by atoms with Gasteiger partial charge in [0, 0.05) is 0 Å². The Labute approximate surface area is 121 Å². The summed E-state index contributed by atoms with van der Waals surface area (Å²) in [4.78, 5) is 0. The highest BCUT2D eigenvalue weighted by Gasteiger charge is 2.52. The van der Waals surface area contributed by atoms with Gasteiger partial charge in [-0.15, -0.1) is 0 Å². The van der Waals surface area contributed by atoms with Crippen molar-refractivity contribution in [2.45, 2.75) is 39.4 Å². The predicted octanol–water partition coefficient (Wildman–Crippen LogP) is 5.07. The first-order valence-electron chi connectivity index (χ1n) is 7.29. The Morgan fingerprint density at radius 3 is 2.15 bits per heavy atom. The van der Waals surface area contributed by atoms with E-state index in [1.807, 2.05) is 0 Å². The Balaban J connectivity index is 2.31. The predicted molar refractivity (Wildman–Crippen MR) is 82.6 cm³/mol. The van der Waals surface area contributed by atoms with Gasteiger partial charge < -0.3 is 4.74 Å². The van der Waals surface area contributed by atoms with E-state index in [4.69, 9.17) is 4.74 Å². The summed E-state index contributed by atoms with van der Waals surface area (Å²) in [5.74, 6) is 0. The summed E-state index contributed by atoms with van der Waals surface area (Å²) in [6, 6.07) is 19.2. The van der Waals surface area contributed by atoms with E-state index in [1.165, 1.54) is 16.7 Å². The van der Waals surface area contributed by atoms with Gasteiger partial charge in [-0.2, -0.15) is 0 Å². The van der Waals surface area contributed by atoms with Crippen molar-refractivity contribution in [1.82, 2.24) is 0 Å². The van der Waals surface area contributed by atoms with Crippen LogP contribution < -0.4 is 0 Å². The standard InChI is InChI=1S/C19H22O/c1-14-16-12-8-9-13-17(16)19(20-14,18(2,3)4)15-10-6-5-7-11-15/h5-14H,1-4H3/t14-,19+/m1/s1. The van der Waals surface area contributed by atoms with Crippen LogP contribution in [0.25, 0.3) is 0 Å². The molecule has 0 unspecified atom stereocenters. The molecule has 1 aliphatic heterocycles. The highest BCUT2D eigenvalue weighted by atomic mass is 16.5. The minimum Gasteiger partial charge on any atom is -0.357 e. The third kappa shape index (κ3) is 1.73. The number of hydrogen-bond acceptors (Lipinski definition) is 1. The molecule has 1 nitrogen and oxygen atoms in total. The molecule has 0 saturated heterocycles. The van der Waals surface area contributed by atoms with Crippen molar-refractivity contribution in [2.24, 2.45) is 5.41 Å². The monoisotopic (exact) mass is 266 g/mol. The van der Waals surface area contributed by atoms with Crippen LogP contribution in [0.15, 0.2) is 54.6 Å². The van der Waals surface area contributed by atoms with Crippen LogP contribution in [0.2, 0.25) is 0 Å². The fourth-order valence-corrected chi connectivity index (χ4v) is 3.47. The lowest BCUT2D eigenvalue weighted by Gasteiger charge is -2.42. The molecule has 0 fully saturated rings. The maximum atomic E-state index is 6.57. The van der Waals surface area contributed by atoms with Gasteiger partial charge in [0.1, 0.15) is 5.60 Å². The van der Waals surface area contributed by atoms with Crippen molar-refractivity contribution < 1.29 is 4.74 Å². The molecule has 0 amide bonds. The van der Waals surface area contributed by atoms with Crippen molar-refractivity contribution in [1.29, 1.82) is 0 Å². The Morgan fingerprint density at radius 1 is 0.900 bits per heavy atom. The van der Waals surface area contributed by atoms with Crippen LogP contribution in [-0.4, -0.2) is 0 Å². The molecule has 0 N–H and O–H groups in total. The normalized spacial score (nSPS) is 25.5. The average Bonchev–Trinajstić information content (AvgIpc) is 2.75. The smallest absolute Gasteiger partial charge is 0.124 e. The fourth-order valence-electron chi connectivity index (χ4n) is 3.47. The van der Waals surface area contributed by atoms with Gasteiger partial charge in [-0.3, -0.25) is 0 Å². The molecule has 0 bridgehead atoms. The van der Waals surface area contributed by atoms with E-state index in [-0.39, 0.29) is 17.1 Å². The van der Waals surface area contributed by atoms with Gasteiger partial charge in [0.15, 0.2) is 0 Å². The lowest BCUT2D eigenvalue weighted by molar-refractivity contribution is -0.107. The molecule has 2 atom stereocenters. The summed E-state index contributed by atoms with van der Waals surface area (Å²) in [6.45, 7) is 8.92. The van der Waals surface area contributed by atoms with Crippen LogP contribution in [0, 0.1) is 5.41 Å². The minimum atomic E-state index is -0.371. The van der Waals surface area contributed by atoms with Crippen molar-refractivity contribution in [3.8, 4) is 0 Å². The maximum absolute atomic E-state index is 6.57. The molecule has 3 rings (SSSR count). The lowest BCUT2D eigenvalue weighted by atomic mass is 9.68. The highest BCUT2D eigenvalue weighted by Crippen LogP contribution is 2.56. The number of ether oxygens (including phenoxy) is 1. The first-order valence-corrected chi connectivity index (χ1v) is 7.29. The summed E-state index contributed by atoms with van der Waals surface area (Å²) in [6.07, 6.45) is 0.130. The van der Waals surface area contributed by atoms with Gasteiger partial charge in [-0.25, -0.2) is 0 Å². The molecule has 2 aromatic carbocycles. The maximum Gasteiger partial charge on any atom is 0.124 e. The van der Waals surface area contributed by atoms with Gasteiger partial charge in [0.2, 0.25) is 0 Å². The van der Waals surface area contributed by atoms with Gasteiger partial charge in [-0.05, 0) is 29.0 Å². The van der Waals surface area contributed by atoms with Crippen LogP contribution in [0.4, 0.5) is 0 Å². The van der Waals surface area contributed by atoms with E-state index >= 15 is 0 Å². The van der Waals surface area contributed by atoms with Crippen LogP contribution in [0.3, 0.4) is 0 Å². The second-order valence-corrected chi connectivity index (χ2v) is 6.64. The van der Waals surface area contributed by atoms with Crippen molar-refractivity contribution >= 4 is 0 Å².